The van der Waals surface area contributed by atoms with Crippen LogP contribution in [0.3, 0.4) is 0 Å². The average Bonchev–Trinajstić information content (AvgIpc) is 2.74. The lowest BCUT2D eigenvalue weighted by Crippen LogP contribution is -2.32. The fourth-order valence-corrected chi connectivity index (χ4v) is 1.85. The summed E-state index contributed by atoms with van der Waals surface area (Å²) in [7, 11) is 0. The van der Waals surface area contributed by atoms with E-state index in [2.05, 4.69) is 15.2 Å². The van der Waals surface area contributed by atoms with Gasteiger partial charge in [-0.05, 0) is 12.8 Å². The molecule has 0 unspecified atom stereocenters. The smallest absolute Gasteiger partial charge is 0.310 e. The van der Waals surface area contributed by atoms with Crippen molar-refractivity contribution in [3.63, 3.8) is 0 Å². The van der Waals surface area contributed by atoms with E-state index in [0.717, 1.165) is 5.82 Å². The van der Waals surface area contributed by atoms with Crippen molar-refractivity contribution in [3.05, 3.63) is 11.6 Å². The first-order valence-electron chi connectivity index (χ1n) is 6.09. The molecule has 0 bridgehead atoms. The molecule has 0 spiro atoms. The van der Waals surface area contributed by atoms with E-state index < -0.39 is 11.4 Å². The Hall–Kier alpha value is -1.39. The average molecular weight is 239 g/mol. The lowest BCUT2D eigenvalue weighted by atomic mass is 9.79. The summed E-state index contributed by atoms with van der Waals surface area (Å²) in [5.41, 5.74) is -0.728. The van der Waals surface area contributed by atoms with Crippen molar-refractivity contribution < 1.29 is 9.90 Å². The van der Waals surface area contributed by atoms with E-state index in [9.17, 15) is 9.90 Å². The predicted molar refractivity (Wildman–Crippen MR) is 64.8 cm³/mol. The van der Waals surface area contributed by atoms with E-state index in [1.807, 2.05) is 27.7 Å². The number of aromatic nitrogens is 3. The van der Waals surface area contributed by atoms with Crippen LogP contribution in [0.2, 0.25) is 0 Å². The third kappa shape index (κ3) is 2.84. The molecule has 1 aromatic rings. The minimum Gasteiger partial charge on any atom is -0.481 e. The van der Waals surface area contributed by atoms with Gasteiger partial charge in [0.05, 0.1) is 5.41 Å². The highest BCUT2D eigenvalue weighted by atomic mass is 16.4. The standard InChI is InChI=1S/C12H21N3O2/c1-5-12(6-2,11(16)17)7-9-13-10(8(3)4)15-14-9/h8H,5-7H2,1-4H3,(H,16,17)(H,13,14,15). The molecule has 17 heavy (non-hydrogen) atoms. The Morgan fingerprint density at radius 1 is 1.41 bits per heavy atom. The molecule has 1 rings (SSSR count). The lowest BCUT2D eigenvalue weighted by molar-refractivity contribution is -0.149. The number of aliphatic carboxylic acids is 1. The van der Waals surface area contributed by atoms with Crippen LogP contribution in [0.25, 0.3) is 0 Å². The molecule has 0 saturated heterocycles. The molecule has 96 valence electrons. The maximum absolute atomic E-state index is 11.4. The highest BCUT2D eigenvalue weighted by Crippen LogP contribution is 2.30. The summed E-state index contributed by atoms with van der Waals surface area (Å²) >= 11 is 0. The molecule has 0 aliphatic heterocycles. The van der Waals surface area contributed by atoms with E-state index in [1.165, 1.54) is 0 Å². The van der Waals surface area contributed by atoms with Gasteiger partial charge in [-0.1, -0.05) is 27.7 Å². The van der Waals surface area contributed by atoms with Gasteiger partial charge < -0.3 is 5.11 Å². The summed E-state index contributed by atoms with van der Waals surface area (Å²) in [4.78, 5) is 15.7. The van der Waals surface area contributed by atoms with Gasteiger partial charge >= 0.3 is 5.97 Å². The van der Waals surface area contributed by atoms with Gasteiger partial charge in [0.15, 0.2) is 5.82 Å². The maximum atomic E-state index is 11.4. The number of nitrogens with zero attached hydrogens (tertiary/aromatic N) is 2. The second-order valence-electron chi connectivity index (χ2n) is 4.76. The Bertz CT molecular complexity index is 381. The van der Waals surface area contributed by atoms with Crippen LogP contribution in [0.4, 0.5) is 0 Å². The minimum atomic E-state index is -0.759. The molecule has 0 fully saturated rings. The molecule has 0 saturated carbocycles. The van der Waals surface area contributed by atoms with Gasteiger partial charge in [0.1, 0.15) is 5.82 Å². The summed E-state index contributed by atoms with van der Waals surface area (Å²) in [6, 6.07) is 0. The number of H-pyrrole nitrogens is 1. The van der Waals surface area contributed by atoms with E-state index in [-0.39, 0.29) is 5.92 Å². The fourth-order valence-electron chi connectivity index (χ4n) is 1.85. The zero-order valence-electron chi connectivity index (χ0n) is 10.9. The number of aromatic amines is 1. The minimum absolute atomic E-state index is 0.252. The number of carbonyl (C=O) groups is 1. The van der Waals surface area contributed by atoms with E-state index >= 15 is 0 Å². The molecular weight excluding hydrogens is 218 g/mol. The number of carboxylic acids is 1. The topological polar surface area (TPSA) is 78.9 Å². The number of nitrogens with one attached hydrogen (secondary N) is 1. The predicted octanol–water partition coefficient (Wildman–Crippen LogP) is 2.36. The Balaban J connectivity index is 2.90. The molecular formula is C12H21N3O2. The highest BCUT2D eigenvalue weighted by molar-refractivity contribution is 5.74. The van der Waals surface area contributed by atoms with Gasteiger partial charge in [-0.15, -0.1) is 0 Å². The zero-order valence-corrected chi connectivity index (χ0v) is 10.9. The van der Waals surface area contributed by atoms with Crippen LogP contribution in [-0.4, -0.2) is 26.3 Å². The molecule has 0 aliphatic carbocycles. The quantitative estimate of drug-likeness (QED) is 0.798. The summed E-state index contributed by atoms with van der Waals surface area (Å²) in [5, 5.41) is 16.3. The van der Waals surface area contributed by atoms with E-state index in [0.29, 0.717) is 25.1 Å². The second-order valence-corrected chi connectivity index (χ2v) is 4.76. The van der Waals surface area contributed by atoms with Crippen LogP contribution < -0.4 is 0 Å². The first kappa shape index (κ1) is 13.7. The molecule has 0 aliphatic rings. The van der Waals surface area contributed by atoms with Gasteiger partial charge in [0.2, 0.25) is 0 Å². The summed E-state index contributed by atoms with van der Waals surface area (Å²) in [6.07, 6.45) is 1.60. The van der Waals surface area contributed by atoms with Gasteiger partial charge in [-0.3, -0.25) is 9.89 Å². The second kappa shape index (κ2) is 5.29. The molecule has 0 amide bonds. The molecule has 0 aromatic carbocycles. The number of carboxylic acid groups (broad SMARTS) is 1. The molecule has 5 heteroatoms. The SMILES string of the molecule is CCC(CC)(Cc1nc(C(C)C)n[nH]1)C(=O)O. The maximum Gasteiger partial charge on any atom is 0.310 e. The van der Waals surface area contributed by atoms with Crippen molar-refractivity contribution >= 4 is 5.97 Å². The van der Waals surface area contributed by atoms with Gasteiger partial charge in [-0.25, -0.2) is 4.98 Å². The molecule has 2 N–H and O–H groups in total. The van der Waals surface area contributed by atoms with Crippen molar-refractivity contribution in [2.75, 3.05) is 0 Å². The van der Waals surface area contributed by atoms with E-state index in [4.69, 9.17) is 0 Å². The molecule has 1 heterocycles. The van der Waals surface area contributed by atoms with Crippen molar-refractivity contribution in [3.8, 4) is 0 Å². The van der Waals surface area contributed by atoms with Gasteiger partial charge in [0.25, 0.3) is 0 Å². The Morgan fingerprint density at radius 3 is 2.35 bits per heavy atom. The Labute approximate surface area is 102 Å². The van der Waals surface area contributed by atoms with E-state index in [1.54, 1.807) is 0 Å². The summed E-state index contributed by atoms with van der Waals surface area (Å²) < 4.78 is 0. The third-order valence-electron chi connectivity index (χ3n) is 3.38. The largest absolute Gasteiger partial charge is 0.481 e. The van der Waals surface area contributed by atoms with Crippen LogP contribution in [0.5, 0.6) is 0 Å². The Kier molecular flexibility index (Phi) is 4.26. The lowest BCUT2D eigenvalue weighted by Gasteiger charge is -2.25. The summed E-state index contributed by atoms with van der Waals surface area (Å²) in [6.45, 7) is 7.82. The van der Waals surface area contributed by atoms with Crippen LogP contribution in [-0.2, 0) is 11.2 Å². The highest BCUT2D eigenvalue weighted by Gasteiger charge is 2.36. The monoisotopic (exact) mass is 239 g/mol. The van der Waals surface area contributed by atoms with Crippen LogP contribution in [0.1, 0.15) is 58.1 Å². The van der Waals surface area contributed by atoms with Crippen LogP contribution in [0, 0.1) is 5.41 Å². The normalized spacial score (nSPS) is 12.1. The number of hydrogen-bond donors (Lipinski definition) is 2. The number of rotatable bonds is 6. The van der Waals surface area contributed by atoms with Crippen molar-refractivity contribution in [2.45, 2.75) is 52.9 Å². The van der Waals surface area contributed by atoms with Crippen LogP contribution >= 0.6 is 0 Å². The fraction of sp³-hybridized carbons (Fsp3) is 0.750. The molecule has 1 aromatic heterocycles. The molecule has 0 atom stereocenters. The zero-order chi connectivity index (χ0) is 13.1. The first-order valence-corrected chi connectivity index (χ1v) is 6.09. The van der Waals surface area contributed by atoms with Crippen molar-refractivity contribution in [1.82, 2.24) is 15.2 Å². The first-order chi connectivity index (χ1) is 7.95. The van der Waals surface area contributed by atoms with Gasteiger partial charge in [-0.2, -0.15) is 5.10 Å². The third-order valence-corrected chi connectivity index (χ3v) is 3.38. The molecule has 5 nitrogen and oxygen atoms in total. The van der Waals surface area contributed by atoms with Crippen molar-refractivity contribution in [1.29, 1.82) is 0 Å². The number of hydrogen-bond acceptors (Lipinski definition) is 3. The van der Waals surface area contributed by atoms with Crippen molar-refractivity contribution in [2.24, 2.45) is 5.41 Å². The summed E-state index contributed by atoms with van der Waals surface area (Å²) in [5.74, 6) is 0.902. The Morgan fingerprint density at radius 2 is 2.00 bits per heavy atom. The molecule has 0 radical (unpaired) electrons. The van der Waals surface area contributed by atoms with Gasteiger partial charge in [0, 0.05) is 12.3 Å². The van der Waals surface area contributed by atoms with Crippen LogP contribution in [0.15, 0.2) is 0 Å².